The monoisotopic (exact) mass is 487 g/mol. The average molecular weight is 487 g/mol. The number of carbonyl (C=O) groups is 1. The molecule has 0 saturated heterocycles. The summed E-state index contributed by atoms with van der Waals surface area (Å²) in [6.45, 7) is -0.503. The van der Waals surface area contributed by atoms with Crippen molar-refractivity contribution in [1.29, 1.82) is 0 Å². The largest absolute Gasteiger partial charge is 0.394 e. The molecule has 184 valence electrons. The first-order valence-corrected chi connectivity index (χ1v) is 11.0. The van der Waals surface area contributed by atoms with Crippen molar-refractivity contribution in [2.75, 3.05) is 29.9 Å². The normalized spacial score (nSPS) is 20.1. The first-order valence-electron chi connectivity index (χ1n) is 11.0. The summed E-state index contributed by atoms with van der Waals surface area (Å²) in [5, 5.41) is 29.8. The van der Waals surface area contributed by atoms with Crippen LogP contribution >= 0.6 is 0 Å². The van der Waals surface area contributed by atoms with E-state index in [9.17, 15) is 23.1 Å². The smallest absolute Gasteiger partial charge is 0.214 e. The van der Waals surface area contributed by atoms with E-state index in [1.807, 2.05) is 0 Å². The zero-order chi connectivity index (χ0) is 25.0. The topological polar surface area (TPSA) is 111 Å². The molecule has 1 aromatic carbocycles. The van der Waals surface area contributed by atoms with Gasteiger partial charge in [-0.1, -0.05) is 0 Å². The predicted molar refractivity (Wildman–Crippen MR) is 122 cm³/mol. The zero-order valence-corrected chi connectivity index (χ0v) is 18.6. The molecule has 1 amide bonds. The number of pyridine rings is 1. The van der Waals surface area contributed by atoms with Crippen LogP contribution in [-0.4, -0.2) is 63.8 Å². The summed E-state index contributed by atoms with van der Waals surface area (Å²) in [5.41, 5.74) is -0.0170. The standard InChI is InChI=1S/C24H24F3N5O3/c25-15-9-24(10-15,23-20(27)2-1-7-28-23)13-29-22-6-5-21(30-31-22)18-8-16(3-4-19(18)26)32(14-34)11-17(35)12-33/h1-8,14-15,17,33,35H,9-13H2,(H,29,31)/t15?,17-,24?/m0/s1. The molecule has 2 aromatic heterocycles. The van der Waals surface area contributed by atoms with Crippen LogP contribution in [0, 0.1) is 11.6 Å². The predicted octanol–water partition coefficient (Wildman–Crippen LogP) is 2.61. The Labute approximate surface area is 199 Å². The van der Waals surface area contributed by atoms with Crippen LogP contribution in [0.5, 0.6) is 0 Å². The molecule has 35 heavy (non-hydrogen) atoms. The summed E-state index contributed by atoms with van der Waals surface area (Å²) in [6.07, 6.45) is 0.0263. The number of nitrogens with zero attached hydrogens (tertiary/aromatic N) is 4. The lowest BCUT2D eigenvalue weighted by atomic mass is 9.65. The number of alkyl halides is 1. The van der Waals surface area contributed by atoms with Crippen molar-refractivity contribution in [3.8, 4) is 11.3 Å². The van der Waals surface area contributed by atoms with Crippen molar-refractivity contribution in [3.63, 3.8) is 0 Å². The summed E-state index contributed by atoms with van der Waals surface area (Å²) in [7, 11) is 0. The number of aromatic nitrogens is 3. The molecule has 0 spiro atoms. The van der Waals surface area contributed by atoms with E-state index in [2.05, 4.69) is 20.5 Å². The molecule has 8 nitrogen and oxygen atoms in total. The maximum atomic E-state index is 14.5. The maximum absolute atomic E-state index is 14.5. The SMILES string of the molecule is O=CN(C[C@H](O)CO)c1ccc(F)c(-c2ccc(NCC3(c4ncccc4F)CC(F)C3)nn2)c1. The highest BCUT2D eigenvalue weighted by Crippen LogP contribution is 2.45. The van der Waals surface area contributed by atoms with Gasteiger partial charge in [-0.05, 0) is 55.3 Å². The van der Waals surface area contributed by atoms with Gasteiger partial charge in [-0.25, -0.2) is 13.2 Å². The molecule has 1 aliphatic rings. The van der Waals surface area contributed by atoms with E-state index >= 15 is 0 Å². The van der Waals surface area contributed by atoms with Gasteiger partial charge in [0.1, 0.15) is 23.6 Å². The van der Waals surface area contributed by atoms with Gasteiger partial charge in [-0.2, -0.15) is 0 Å². The van der Waals surface area contributed by atoms with Gasteiger partial charge in [0.15, 0.2) is 0 Å². The Bertz CT molecular complexity index is 1180. The number of halogens is 3. The number of amides is 1. The van der Waals surface area contributed by atoms with Crippen molar-refractivity contribution < 1.29 is 28.2 Å². The number of nitrogens with one attached hydrogen (secondary N) is 1. The summed E-state index contributed by atoms with van der Waals surface area (Å²) in [6, 6.07) is 9.78. The Kier molecular flexibility index (Phi) is 7.27. The molecule has 0 unspecified atom stereocenters. The number of rotatable bonds is 10. The molecular formula is C24H24F3N5O3. The number of anilines is 2. The minimum absolute atomic E-state index is 0.0816. The van der Waals surface area contributed by atoms with E-state index in [1.165, 1.54) is 36.5 Å². The van der Waals surface area contributed by atoms with Gasteiger partial charge in [0, 0.05) is 29.4 Å². The average Bonchev–Trinajstić information content (AvgIpc) is 2.85. The lowest BCUT2D eigenvalue weighted by Crippen LogP contribution is -2.49. The Morgan fingerprint density at radius 1 is 1.17 bits per heavy atom. The maximum Gasteiger partial charge on any atom is 0.214 e. The van der Waals surface area contributed by atoms with E-state index in [0.717, 1.165) is 11.0 Å². The van der Waals surface area contributed by atoms with Gasteiger partial charge in [-0.3, -0.25) is 9.78 Å². The molecule has 11 heteroatoms. The number of hydrogen-bond donors (Lipinski definition) is 3. The van der Waals surface area contributed by atoms with Crippen LogP contribution in [0.1, 0.15) is 18.5 Å². The zero-order valence-electron chi connectivity index (χ0n) is 18.6. The Morgan fingerprint density at radius 2 is 1.97 bits per heavy atom. The molecule has 2 heterocycles. The van der Waals surface area contributed by atoms with E-state index in [1.54, 1.807) is 6.07 Å². The molecular weight excluding hydrogens is 463 g/mol. The summed E-state index contributed by atoms with van der Waals surface area (Å²) < 4.78 is 42.6. The highest BCUT2D eigenvalue weighted by molar-refractivity contribution is 5.78. The number of benzene rings is 1. The number of aliphatic hydroxyl groups is 2. The molecule has 0 aliphatic heterocycles. The quantitative estimate of drug-likeness (QED) is 0.377. The van der Waals surface area contributed by atoms with Crippen molar-refractivity contribution in [2.24, 2.45) is 0 Å². The van der Waals surface area contributed by atoms with Gasteiger partial charge in [-0.15, -0.1) is 10.2 Å². The van der Waals surface area contributed by atoms with Crippen molar-refractivity contribution in [3.05, 3.63) is 66.0 Å². The van der Waals surface area contributed by atoms with Gasteiger partial charge < -0.3 is 20.4 Å². The van der Waals surface area contributed by atoms with E-state index in [0.29, 0.717) is 17.9 Å². The lowest BCUT2D eigenvalue weighted by Gasteiger charge is -2.44. The van der Waals surface area contributed by atoms with Crippen LogP contribution in [0.25, 0.3) is 11.3 Å². The Morgan fingerprint density at radius 3 is 2.60 bits per heavy atom. The van der Waals surface area contributed by atoms with Gasteiger partial charge >= 0.3 is 0 Å². The fraction of sp³-hybridized carbons (Fsp3) is 0.333. The fourth-order valence-corrected chi connectivity index (χ4v) is 4.20. The molecule has 3 N–H and O–H groups in total. The first kappa shape index (κ1) is 24.6. The lowest BCUT2D eigenvalue weighted by molar-refractivity contribution is -0.107. The van der Waals surface area contributed by atoms with Crippen molar-refractivity contribution in [2.45, 2.75) is 30.5 Å². The van der Waals surface area contributed by atoms with Crippen LogP contribution < -0.4 is 10.2 Å². The second-order valence-corrected chi connectivity index (χ2v) is 8.54. The highest BCUT2D eigenvalue weighted by atomic mass is 19.1. The van der Waals surface area contributed by atoms with Crippen LogP contribution in [0.15, 0.2) is 48.7 Å². The molecule has 0 bridgehead atoms. The van der Waals surface area contributed by atoms with Crippen LogP contribution in [-0.2, 0) is 10.2 Å². The van der Waals surface area contributed by atoms with Gasteiger partial charge in [0.2, 0.25) is 6.41 Å². The second kappa shape index (κ2) is 10.4. The van der Waals surface area contributed by atoms with E-state index in [-0.39, 0.29) is 42.9 Å². The first-order chi connectivity index (χ1) is 16.8. The van der Waals surface area contributed by atoms with Crippen molar-refractivity contribution >= 4 is 17.9 Å². The number of aliphatic hydroxyl groups excluding tert-OH is 2. The number of hydrogen-bond acceptors (Lipinski definition) is 7. The van der Waals surface area contributed by atoms with Gasteiger partial charge in [0.25, 0.3) is 0 Å². The van der Waals surface area contributed by atoms with Crippen molar-refractivity contribution in [1.82, 2.24) is 15.2 Å². The molecule has 4 rings (SSSR count). The Balaban J connectivity index is 1.50. The third-order valence-electron chi connectivity index (χ3n) is 6.06. The molecule has 0 radical (unpaired) electrons. The van der Waals surface area contributed by atoms with E-state index in [4.69, 9.17) is 5.11 Å². The number of carbonyl (C=O) groups excluding carboxylic acids is 1. The minimum atomic E-state index is -1.15. The molecule has 1 saturated carbocycles. The van der Waals surface area contributed by atoms with Crippen LogP contribution in [0.4, 0.5) is 24.7 Å². The van der Waals surface area contributed by atoms with Crippen LogP contribution in [0.2, 0.25) is 0 Å². The molecule has 3 aromatic rings. The Hall–Kier alpha value is -3.57. The summed E-state index contributed by atoms with van der Waals surface area (Å²) in [4.78, 5) is 16.7. The minimum Gasteiger partial charge on any atom is -0.394 e. The summed E-state index contributed by atoms with van der Waals surface area (Å²) >= 11 is 0. The molecule has 1 atom stereocenters. The second-order valence-electron chi connectivity index (χ2n) is 8.54. The van der Waals surface area contributed by atoms with E-state index < -0.39 is 35.9 Å². The summed E-state index contributed by atoms with van der Waals surface area (Å²) in [5.74, 6) is -0.747. The fourth-order valence-electron chi connectivity index (χ4n) is 4.20. The third kappa shape index (κ3) is 5.25. The molecule has 1 aliphatic carbocycles. The third-order valence-corrected chi connectivity index (χ3v) is 6.06. The highest BCUT2D eigenvalue weighted by Gasteiger charge is 2.48. The van der Waals surface area contributed by atoms with Crippen LogP contribution in [0.3, 0.4) is 0 Å². The molecule has 1 fully saturated rings. The van der Waals surface area contributed by atoms with Gasteiger partial charge in [0.05, 0.1) is 30.6 Å².